The predicted molar refractivity (Wildman–Crippen MR) is 111 cm³/mol. The molecule has 2 atom stereocenters. The van der Waals surface area contributed by atoms with Crippen LogP contribution in [0.1, 0.15) is 54.7 Å². The molecule has 1 amide bonds. The molecule has 2 N–H and O–H groups in total. The number of nitrogens with zero attached hydrogens (tertiary/aromatic N) is 2. The number of carbonyl (C=O) groups excluding carboxylic acids is 2. The number of rotatable bonds is 5. The maximum Gasteiger partial charge on any atom is 0.332 e. The summed E-state index contributed by atoms with van der Waals surface area (Å²) in [6.45, 7) is 0.794. The maximum absolute atomic E-state index is 14.3. The number of anilines is 1. The van der Waals surface area contributed by atoms with Crippen LogP contribution in [0, 0.1) is 17.7 Å². The summed E-state index contributed by atoms with van der Waals surface area (Å²) in [5.41, 5.74) is -1.13. The Kier molecular flexibility index (Phi) is 5.61. The molecule has 0 radical (unpaired) electrons. The number of nitrogens with one attached hydrogen (secondary N) is 1. The first-order valence-corrected chi connectivity index (χ1v) is 10.7. The molecule has 2 unspecified atom stereocenters. The molecule has 1 aromatic heterocycles. The van der Waals surface area contributed by atoms with Crippen LogP contribution >= 0.6 is 11.6 Å². The van der Waals surface area contributed by atoms with E-state index in [4.69, 9.17) is 11.6 Å². The van der Waals surface area contributed by atoms with E-state index >= 15 is 0 Å². The molecule has 0 spiro atoms. The van der Waals surface area contributed by atoms with Crippen LogP contribution in [0.15, 0.2) is 24.5 Å². The van der Waals surface area contributed by atoms with Crippen molar-refractivity contribution in [3.05, 3.63) is 46.8 Å². The van der Waals surface area contributed by atoms with Crippen LogP contribution in [-0.2, 0) is 11.8 Å². The SMILES string of the molecule is CC(=O)C(F)(F)C1(O)CC2CC(c3ncn(C)c3C(=O)Nc3ccc(F)c(Cl)c3)CC2C1. The van der Waals surface area contributed by atoms with Crippen LogP contribution < -0.4 is 5.32 Å². The van der Waals surface area contributed by atoms with Gasteiger partial charge in [0, 0.05) is 25.6 Å². The minimum atomic E-state index is -3.78. The number of imidazole rings is 1. The standard InChI is InChI=1S/C22H23ClF3N3O3/c1-11(30)22(25,26)21(32)8-13-5-12(6-14(13)9-21)18-19(29(2)10-27-18)20(31)28-15-3-4-17(24)16(23)7-15/h3-4,7,10,12-14,32H,5-6,8-9H2,1-2H3,(H,28,31). The van der Waals surface area contributed by atoms with Crippen molar-refractivity contribution in [1.29, 1.82) is 0 Å². The zero-order valence-electron chi connectivity index (χ0n) is 17.5. The number of aryl methyl sites for hydroxylation is 1. The first-order valence-electron chi connectivity index (χ1n) is 10.3. The highest BCUT2D eigenvalue weighted by Gasteiger charge is 2.63. The minimum Gasteiger partial charge on any atom is -0.383 e. The van der Waals surface area contributed by atoms with Crippen molar-refractivity contribution in [1.82, 2.24) is 9.55 Å². The number of aliphatic hydroxyl groups is 1. The van der Waals surface area contributed by atoms with Gasteiger partial charge in [0.2, 0.25) is 5.78 Å². The molecule has 172 valence electrons. The number of hydrogen-bond donors (Lipinski definition) is 2. The Labute approximate surface area is 187 Å². The summed E-state index contributed by atoms with van der Waals surface area (Å²) in [6.07, 6.45) is 2.16. The fraction of sp³-hybridized carbons (Fsp3) is 0.500. The normalized spacial score (nSPS) is 27.4. The van der Waals surface area contributed by atoms with Crippen molar-refractivity contribution in [3.63, 3.8) is 0 Å². The van der Waals surface area contributed by atoms with Gasteiger partial charge in [-0.05, 0) is 55.7 Å². The molecule has 6 nitrogen and oxygen atoms in total. The highest BCUT2D eigenvalue weighted by Crippen LogP contribution is 2.57. The Morgan fingerprint density at radius 3 is 2.47 bits per heavy atom. The zero-order chi connectivity index (χ0) is 23.4. The van der Waals surface area contributed by atoms with Crippen LogP contribution in [0.2, 0.25) is 5.02 Å². The number of halogens is 4. The molecule has 1 heterocycles. The fourth-order valence-corrected chi connectivity index (χ4v) is 5.44. The average Bonchev–Trinajstić information content (AvgIpc) is 3.35. The summed E-state index contributed by atoms with van der Waals surface area (Å²) in [7, 11) is 1.67. The van der Waals surface area contributed by atoms with Crippen molar-refractivity contribution >= 4 is 29.0 Å². The Hall–Kier alpha value is -2.39. The smallest absolute Gasteiger partial charge is 0.332 e. The van der Waals surface area contributed by atoms with Gasteiger partial charge in [-0.25, -0.2) is 9.37 Å². The average molecular weight is 470 g/mol. The quantitative estimate of drug-likeness (QED) is 0.683. The summed E-state index contributed by atoms with van der Waals surface area (Å²) in [4.78, 5) is 28.7. The number of fused-ring (bicyclic) bond motifs is 1. The number of hydrogen-bond acceptors (Lipinski definition) is 4. The third kappa shape index (κ3) is 3.71. The molecule has 2 saturated carbocycles. The van der Waals surface area contributed by atoms with Gasteiger partial charge in [0.15, 0.2) is 0 Å². The monoisotopic (exact) mass is 469 g/mol. The number of aromatic nitrogens is 2. The molecule has 4 rings (SSSR count). The Morgan fingerprint density at radius 2 is 1.91 bits per heavy atom. The molecule has 2 fully saturated rings. The molecule has 0 saturated heterocycles. The van der Waals surface area contributed by atoms with E-state index in [0.29, 0.717) is 29.9 Å². The van der Waals surface area contributed by atoms with Crippen LogP contribution in [0.3, 0.4) is 0 Å². The molecular formula is C22H23ClF3N3O3. The van der Waals surface area contributed by atoms with Gasteiger partial charge in [-0.2, -0.15) is 8.78 Å². The number of alkyl halides is 2. The van der Waals surface area contributed by atoms with Gasteiger partial charge < -0.3 is 15.0 Å². The van der Waals surface area contributed by atoms with Gasteiger partial charge in [0.1, 0.15) is 17.1 Å². The van der Waals surface area contributed by atoms with Gasteiger partial charge in [0.25, 0.3) is 5.91 Å². The lowest BCUT2D eigenvalue weighted by atomic mass is 9.86. The van der Waals surface area contributed by atoms with Crippen LogP contribution in [-0.4, -0.2) is 37.9 Å². The van der Waals surface area contributed by atoms with Gasteiger partial charge >= 0.3 is 5.92 Å². The van der Waals surface area contributed by atoms with Gasteiger partial charge in [-0.3, -0.25) is 9.59 Å². The predicted octanol–water partition coefficient (Wildman–Crippen LogP) is 4.32. The summed E-state index contributed by atoms with van der Waals surface area (Å²) in [5.74, 6) is -6.68. The van der Waals surface area contributed by atoms with Crippen molar-refractivity contribution in [3.8, 4) is 0 Å². The summed E-state index contributed by atoms with van der Waals surface area (Å²) >= 11 is 5.78. The zero-order valence-corrected chi connectivity index (χ0v) is 18.3. The molecular weight excluding hydrogens is 447 g/mol. The van der Waals surface area contributed by atoms with E-state index in [1.54, 1.807) is 11.6 Å². The second-order valence-electron chi connectivity index (χ2n) is 8.93. The van der Waals surface area contributed by atoms with Crippen molar-refractivity contribution in [2.45, 2.75) is 50.0 Å². The van der Waals surface area contributed by atoms with E-state index < -0.39 is 29.0 Å². The van der Waals surface area contributed by atoms with Gasteiger partial charge in [-0.1, -0.05) is 11.6 Å². The number of amides is 1. The third-order valence-corrected chi connectivity index (χ3v) is 7.10. The van der Waals surface area contributed by atoms with Crippen LogP contribution in [0.25, 0.3) is 0 Å². The lowest BCUT2D eigenvalue weighted by molar-refractivity contribution is -0.188. The highest BCUT2D eigenvalue weighted by atomic mass is 35.5. The Morgan fingerprint density at radius 1 is 1.28 bits per heavy atom. The first kappa shape index (κ1) is 22.8. The maximum atomic E-state index is 14.3. The highest BCUT2D eigenvalue weighted by molar-refractivity contribution is 6.31. The molecule has 10 heteroatoms. The Bertz CT molecular complexity index is 1070. The molecule has 2 aromatic rings. The van der Waals surface area contributed by atoms with E-state index in [2.05, 4.69) is 10.3 Å². The van der Waals surface area contributed by atoms with Crippen LogP contribution in [0.4, 0.5) is 18.9 Å². The number of ketones is 1. The van der Waals surface area contributed by atoms with E-state index in [1.807, 2.05) is 0 Å². The first-order chi connectivity index (χ1) is 14.9. The summed E-state index contributed by atoms with van der Waals surface area (Å²) in [5, 5.41) is 13.1. The minimum absolute atomic E-state index is 0.119. The largest absolute Gasteiger partial charge is 0.383 e. The Balaban J connectivity index is 1.51. The van der Waals surface area contributed by atoms with E-state index in [9.17, 15) is 27.9 Å². The fourth-order valence-electron chi connectivity index (χ4n) is 5.26. The number of benzene rings is 1. The number of carbonyl (C=O) groups is 2. The van der Waals surface area contributed by atoms with E-state index in [0.717, 1.165) is 13.0 Å². The molecule has 0 aliphatic heterocycles. The molecule has 0 bridgehead atoms. The third-order valence-electron chi connectivity index (χ3n) is 6.81. The summed E-state index contributed by atoms with van der Waals surface area (Å²) < 4.78 is 43.5. The number of Topliss-reactive ketones (excluding diaryl/α,β-unsaturated/α-hetero) is 1. The topological polar surface area (TPSA) is 84.2 Å². The van der Waals surface area contributed by atoms with Crippen molar-refractivity contribution in [2.75, 3.05) is 5.32 Å². The van der Waals surface area contributed by atoms with E-state index in [1.165, 1.54) is 18.5 Å². The van der Waals surface area contributed by atoms with Gasteiger partial charge in [0.05, 0.1) is 17.0 Å². The summed E-state index contributed by atoms with van der Waals surface area (Å²) in [6, 6.07) is 3.85. The van der Waals surface area contributed by atoms with Crippen molar-refractivity contribution in [2.24, 2.45) is 18.9 Å². The molecule has 2 aliphatic carbocycles. The van der Waals surface area contributed by atoms with Crippen LogP contribution in [0.5, 0.6) is 0 Å². The lowest BCUT2D eigenvalue weighted by Gasteiger charge is -2.31. The lowest BCUT2D eigenvalue weighted by Crippen LogP contribution is -2.51. The van der Waals surface area contributed by atoms with E-state index in [-0.39, 0.29) is 35.6 Å². The molecule has 32 heavy (non-hydrogen) atoms. The van der Waals surface area contributed by atoms with Crippen molar-refractivity contribution < 1.29 is 27.9 Å². The second kappa shape index (κ2) is 7.88. The molecule has 1 aromatic carbocycles. The molecule has 2 aliphatic rings. The van der Waals surface area contributed by atoms with Gasteiger partial charge in [-0.15, -0.1) is 0 Å². The second-order valence-corrected chi connectivity index (χ2v) is 9.34.